The van der Waals surface area contributed by atoms with Crippen LogP contribution < -0.4 is 10.5 Å². The minimum absolute atomic E-state index is 0.0479. The fraction of sp³-hybridized carbons (Fsp3) is 0.154. The zero-order valence-corrected chi connectivity index (χ0v) is 10.4. The molecule has 2 aromatic rings. The Kier molecular flexibility index (Phi) is 3.61. The molecule has 19 heavy (non-hydrogen) atoms. The van der Waals surface area contributed by atoms with Crippen molar-refractivity contribution in [1.82, 2.24) is 4.98 Å². The van der Waals surface area contributed by atoms with Gasteiger partial charge in [-0.1, -0.05) is 6.07 Å². The third-order valence-corrected chi connectivity index (χ3v) is 2.69. The van der Waals surface area contributed by atoms with E-state index in [9.17, 15) is 10.1 Å². The largest absolute Gasteiger partial charge is 0.488 e. The van der Waals surface area contributed by atoms with E-state index >= 15 is 0 Å². The maximum Gasteiger partial charge on any atom is 0.276 e. The van der Waals surface area contributed by atoms with Gasteiger partial charge < -0.3 is 10.5 Å². The van der Waals surface area contributed by atoms with Crippen molar-refractivity contribution in [3.8, 4) is 5.75 Å². The number of anilines is 1. The summed E-state index contributed by atoms with van der Waals surface area (Å²) < 4.78 is 5.58. The second kappa shape index (κ2) is 5.34. The summed E-state index contributed by atoms with van der Waals surface area (Å²) in [5, 5.41) is 10.8. The number of nitrogen functional groups attached to an aromatic ring is 1. The molecule has 0 spiro atoms. The number of ether oxygens (including phenoxy) is 1. The molecule has 0 atom stereocenters. The molecule has 1 aromatic carbocycles. The first-order valence-corrected chi connectivity index (χ1v) is 5.65. The van der Waals surface area contributed by atoms with E-state index in [1.807, 2.05) is 0 Å². The maximum absolute atomic E-state index is 10.8. The first kappa shape index (κ1) is 12.8. The summed E-state index contributed by atoms with van der Waals surface area (Å²) in [6.45, 7) is 1.95. The average Bonchev–Trinajstić information content (AvgIpc) is 2.37. The quantitative estimate of drug-likeness (QED) is 0.672. The lowest BCUT2D eigenvalue weighted by atomic mass is 10.2. The van der Waals surface area contributed by atoms with Gasteiger partial charge in [0.05, 0.1) is 10.5 Å². The van der Waals surface area contributed by atoms with Gasteiger partial charge in [0, 0.05) is 12.3 Å². The first-order chi connectivity index (χ1) is 9.08. The van der Waals surface area contributed by atoms with Crippen molar-refractivity contribution in [3.63, 3.8) is 0 Å². The van der Waals surface area contributed by atoms with Gasteiger partial charge in [-0.25, -0.2) is 4.98 Å². The standard InChI is InChI=1S/C13H13N3O3/c1-9-11(16(17)18)3-2-4-12(9)19-8-10-5-6-15-13(14)7-10/h2-7H,8H2,1H3,(H2,14,15). The lowest BCUT2D eigenvalue weighted by Crippen LogP contribution is -2.00. The Morgan fingerprint density at radius 3 is 2.89 bits per heavy atom. The summed E-state index contributed by atoms with van der Waals surface area (Å²) in [5.41, 5.74) is 6.98. The van der Waals surface area contributed by atoms with E-state index in [0.29, 0.717) is 17.1 Å². The van der Waals surface area contributed by atoms with Crippen LogP contribution in [0.1, 0.15) is 11.1 Å². The molecule has 0 fully saturated rings. The van der Waals surface area contributed by atoms with Crippen molar-refractivity contribution in [1.29, 1.82) is 0 Å². The molecule has 6 heteroatoms. The topological polar surface area (TPSA) is 91.3 Å². The monoisotopic (exact) mass is 259 g/mol. The highest BCUT2D eigenvalue weighted by Gasteiger charge is 2.14. The molecule has 6 nitrogen and oxygen atoms in total. The van der Waals surface area contributed by atoms with Crippen LogP contribution in [0.5, 0.6) is 5.75 Å². The van der Waals surface area contributed by atoms with Crippen molar-refractivity contribution in [3.05, 3.63) is 57.8 Å². The summed E-state index contributed by atoms with van der Waals surface area (Å²) in [6, 6.07) is 8.23. The highest BCUT2D eigenvalue weighted by atomic mass is 16.6. The van der Waals surface area contributed by atoms with Crippen LogP contribution >= 0.6 is 0 Å². The van der Waals surface area contributed by atoms with E-state index < -0.39 is 4.92 Å². The molecular weight excluding hydrogens is 246 g/mol. The number of nitro benzene ring substituents is 1. The van der Waals surface area contributed by atoms with Gasteiger partial charge in [0.2, 0.25) is 0 Å². The van der Waals surface area contributed by atoms with Gasteiger partial charge in [-0.05, 0) is 30.7 Å². The Balaban J connectivity index is 2.16. The Hall–Kier alpha value is -2.63. The molecule has 0 saturated heterocycles. The zero-order valence-electron chi connectivity index (χ0n) is 10.4. The first-order valence-electron chi connectivity index (χ1n) is 5.65. The Morgan fingerprint density at radius 2 is 2.21 bits per heavy atom. The smallest absolute Gasteiger partial charge is 0.276 e. The lowest BCUT2D eigenvalue weighted by molar-refractivity contribution is -0.385. The van der Waals surface area contributed by atoms with Gasteiger partial charge in [-0.3, -0.25) is 10.1 Å². The molecular formula is C13H13N3O3. The van der Waals surface area contributed by atoms with Crippen LogP contribution in [0.15, 0.2) is 36.5 Å². The van der Waals surface area contributed by atoms with Gasteiger partial charge >= 0.3 is 0 Å². The van der Waals surface area contributed by atoms with Crippen LogP contribution in [0.3, 0.4) is 0 Å². The number of benzene rings is 1. The lowest BCUT2D eigenvalue weighted by Gasteiger charge is -2.09. The minimum Gasteiger partial charge on any atom is -0.488 e. The molecule has 1 aromatic heterocycles. The summed E-state index contributed by atoms with van der Waals surface area (Å²) >= 11 is 0. The molecule has 0 amide bonds. The predicted molar refractivity (Wildman–Crippen MR) is 70.8 cm³/mol. The summed E-state index contributed by atoms with van der Waals surface area (Å²) in [7, 11) is 0. The molecule has 0 aliphatic heterocycles. The highest BCUT2D eigenvalue weighted by Crippen LogP contribution is 2.27. The van der Waals surface area contributed by atoms with Crippen molar-refractivity contribution < 1.29 is 9.66 Å². The van der Waals surface area contributed by atoms with Crippen LogP contribution in [0.2, 0.25) is 0 Å². The maximum atomic E-state index is 10.8. The van der Waals surface area contributed by atoms with Gasteiger partial charge in [-0.15, -0.1) is 0 Å². The SMILES string of the molecule is Cc1c(OCc2ccnc(N)c2)cccc1[N+](=O)[O-]. The normalized spacial score (nSPS) is 10.2. The van der Waals surface area contributed by atoms with Crippen LogP contribution in [-0.2, 0) is 6.61 Å². The minimum atomic E-state index is -0.424. The van der Waals surface area contributed by atoms with Crippen LogP contribution in [0.4, 0.5) is 11.5 Å². The number of hydrogen-bond acceptors (Lipinski definition) is 5. The average molecular weight is 259 g/mol. The molecule has 0 aliphatic carbocycles. The summed E-state index contributed by atoms with van der Waals surface area (Å²) in [4.78, 5) is 14.3. The molecule has 1 heterocycles. The van der Waals surface area contributed by atoms with E-state index in [2.05, 4.69) is 4.98 Å². The van der Waals surface area contributed by atoms with Gasteiger partial charge in [0.15, 0.2) is 0 Å². The van der Waals surface area contributed by atoms with Crippen molar-refractivity contribution in [2.24, 2.45) is 0 Å². The second-order valence-electron chi connectivity index (χ2n) is 4.04. The Bertz CT molecular complexity index is 614. The molecule has 2 rings (SSSR count). The van der Waals surface area contributed by atoms with Crippen molar-refractivity contribution in [2.45, 2.75) is 13.5 Å². The number of aromatic nitrogens is 1. The number of hydrogen-bond donors (Lipinski definition) is 1. The molecule has 0 radical (unpaired) electrons. The van der Waals surface area contributed by atoms with E-state index in [1.54, 1.807) is 37.4 Å². The number of nitrogens with zero attached hydrogens (tertiary/aromatic N) is 2. The van der Waals surface area contributed by atoms with Crippen molar-refractivity contribution in [2.75, 3.05) is 5.73 Å². The number of nitro groups is 1. The van der Waals surface area contributed by atoms with Gasteiger partial charge in [-0.2, -0.15) is 0 Å². The molecule has 0 saturated carbocycles. The molecule has 0 unspecified atom stereocenters. The number of rotatable bonds is 4. The van der Waals surface area contributed by atoms with Crippen LogP contribution in [0, 0.1) is 17.0 Å². The molecule has 2 N–H and O–H groups in total. The molecule has 0 bridgehead atoms. The van der Waals surface area contributed by atoms with E-state index in [0.717, 1.165) is 5.56 Å². The van der Waals surface area contributed by atoms with E-state index in [1.165, 1.54) is 6.07 Å². The van der Waals surface area contributed by atoms with Gasteiger partial charge in [0.25, 0.3) is 5.69 Å². The predicted octanol–water partition coefficient (Wildman–Crippen LogP) is 2.46. The number of nitrogens with two attached hydrogens (primary N) is 1. The van der Waals surface area contributed by atoms with E-state index in [4.69, 9.17) is 10.5 Å². The Labute approximate surface area is 110 Å². The second-order valence-corrected chi connectivity index (χ2v) is 4.04. The highest BCUT2D eigenvalue weighted by molar-refractivity contribution is 5.48. The fourth-order valence-corrected chi connectivity index (χ4v) is 1.70. The van der Waals surface area contributed by atoms with Gasteiger partial charge in [0.1, 0.15) is 18.2 Å². The molecule has 0 aliphatic rings. The van der Waals surface area contributed by atoms with Crippen molar-refractivity contribution >= 4 is 11.5 Å². The third-order valence-electron chi connectivity index (χ3n) is 2.69. The number of pyridine rings is 1. The van der Waals surface area contributed by atoms with Crippen LogP contribution in [0.25, 0.3) is 0 Å². The summed E-state index contributed by atoms with van der Waals surface area (Å²) in [5.74, 6) is 0.904. The van der Waals surface area contributed by atoms with E-state index in [-0.39, 0.29) is 12.3 Å². The zero-order chi connectivity index (χ0) is 13.8. The summed E-state index contributed by atoms with van der Waals surface area (Å²) in [6.07, 6.45) is 1.59. The Morgan fingerprint density at radius 1 is 1.42 bits per heavy atom. The van der Waals surface area contributed by atoms with Crippen LogP contribution in [-0.4, -0.2) is 9.91 Å². The third kappa shape index (κ3) is 2.98. The molecule has 98 valence electrons. The fourth-order valence-electron chi connectivity index (χ4n) is 1.70.